The van der Waals surface area contributed by atoms with Gasteiger partial charge in [-0.2, -0.15) is 0 Å². The number of hydrogen-bond acceptors (Lipinski definition) is 3. The maximum absolute atomic E-state index is 13.0. The zero-order valence-electron chi connectivity index (χ0n) is 17.3. The van der Waals surface area contributed by atoms with E-state index in [2.05, 4.69) is 52.8 Å². The van der Waals surface area contributed by atoms with Crippen LogP contribution in [0.4, 0.5) is 5.69 Å². The second-order valence-corrected chi connectivity index (χ2v) is 8.08. The van der Waals surface area contributed by atoms with Gasteiger partial charge in [0.25, 0.3) is 0 Å². The van der Waals surface area contributed by atoms with Gasteiger partial charge >= 0.3 is 0 Å². The Morgan fingerprint density at radius 3 is 2.63 bits per heavy atom. The van der Waals surface area contributed by atoms with Crippen molar-refractivity contribution < 1.29 is 4.79 Å². The summed E-state index contributed by atoms with van der Waals surface area (Å²) in [4.78, 5) is 20.1. The van der Waals surface area contributed by atoms with E-state index in [1.165, 1.54) is 37.1 Å². The van der Waals surface area contributed by atoms with E-state index in [1.54, 1.807) is 0 Å². The molecule has 4 heteroatoms. The lowest BCUT2D eigenvalue weighted by atomic mass is 10.0. The Bertz CT molecular complexity index is 595. The Morgan fingerprint density at radius 1 is 1.11 bits per heavy atom. The Kier molecular flexibility index (Phi) is 7.57. The van der Waals surface area contributed by atoms with Crippen LogP contribution in [-0.2, 0) is 11.2 Å². The first-order valence-electron chi connectivity index (χ1n) is 11.1. The van der Waals surface area contributed by atoms with Crippen LogP contribution >= 0.6 is 0 Å². The predicted molar refractivity (Wildman–Crippen MR) is 113 cm³/mol. The molecule has 1 aromatic carbocycles. The van der Waals surface area contributed by atoms with Gasteiger partial charge in [0.2, 0.25) is 5.91 Å². The average molecular weight is 372 g/mol. The number of rotatable bonds is 8. The number of aryl methyl sites for hydroxylation is 1. The topological polar surface area (TPSA) is 26.8 Å². The van der Waals surface area contributed by atoms with Crippen LogP contribution in [0.3, 0.4) is 0 Å². The standard InChI is InChI=1S/C23H37N3O/c1-3-5-15-24-17-12-21(13-18-24)26(4-2)23(27)14-19-25-16-8-10-20-9-6-7-11-22(20)25/h6-7,9,11,21H,3-5,8,10,12-19H2,1-2H3. The van der Waals surface area contributed by atoms with Crippen molar-refractivity contribution in [2.75, 3.05) is 44.2 Å². The summed E-state index contributed by atoms with van der Waals surface area (Å²) in [6, 6.07) is 9.12. The number of benzene rings is 1. The third-order valence-electron chi connectivity index (χ3n) is 6.29. The first kappa shape index (κ1) is 20.2. The van der Waals surface area contributed by atoms with Gasteiger partial charge in [0, 0.05) is 50.9 Å². The molecule has 0 atom stereocenters. The number of anilines is 1. The molecule has 27 heavy (non-hydrogen) atoms. The normalized spacial score (nSPS) is 18.4. The fraction of sp³-hybridized carbons (Fsp3) is 0.696. The van der Waals surface area contributed by atoms with E-state index in [0.717, 1.165) is 52.0 Å². The summed E-state index contributed by atoms with van der Waals surface area (Å²) in [7, 11) is 0. The van der Waals surface area contributed by atoms with Gasteiger partial charge in [-0.15, -0.1) is 0 Å². The molecule has 0 aliphatic carbocycles. The van der Waals surface area contributed by atoms with Crippen molar-refractivity contribution in [2.24, 2.45) is 0 Å². The van der Waals surface area contributed by atoms with Gasteiger partial charge in [0.05, 0.1) is 0 Å². The smallest absolute Gasteiger partial charge is 0.224 e. The van der Waals surface area contributed by atoms with E-state index in [9.17, 15) is 4.79 Å². The number of hydrogen-bond donors (Lipinski definition) is 0. The molecule has 0 radical (unpaired) electrons. The zero-order valence-corrected chi connectivity index (χ0v) is 17.3. The largest absolute Gasteiger partial charge is 0.371 e. The summed E-state index contributed by atoms with van der Waals surface area (Å²) in [6.07, 6.45) is 7.82. The molecule has 0 aromatic heterocycles. The minimum Gasteiger partial charge on any atom is -0.371 e. The molecule has 2 aliphatic heterocycles. The van der Waals surface area contributed by atoms with Crippen LogP contribution < -0.4 is 4.90 Å². The number of para-hydroxylation sites is 1. The maximum Gasteiger partial charge on any atom is 0.224 e. The third kappa shape index (κ3) is 5.25. The second kappa shape index (κ2) is 10.1. The number of carbonyl (C=O) groups excluding carboxylic acids is 1. The number of likely N-dealkylation sites (tertiary alicyclic amines) is 1. The van der Waals surface area contributed by atoms with E-state index in [1.807, 2.05) is 0 Å². The number of unbranched alkanes of at least 4 members (excludes halogenated alkanes) is 1. The van der Waals surface area contributed by atoms with E-state index in [4.69, 9.17) is 0 Å². The van der Waals surface area contributed by atoms with Crippen LogP contribution in [0, 0.1) is 0 Å². The molecule has 150 valence electrons. The van der Waals surface area contributed by atoms with E-state index < -0.39 is 0 Å². The predicted octanol–water partition coefficient (Wildman–Crippen LogP) is 3.94. The van der Waals surface area contributed by atoms with Crippen molar-refractivity contribution in [3.63, 3.8) is 0 Å². The van der Waals surface area contributed by atoms with Crippen LogP contribution in [0.25, 0.3) is 0 Å². The molecule has 0 spiro atoms. The number of carbonyl (C=O) groups is 1. The van der Waals surface area contributed by atoms with Crippen LogP contribution in [0.2, 0.25) is 0 Å². The SMILES string of the molecule is CCCCN1CCC(N(CC)C(=O)CCN2CCCc3ccccc32)CC1. The Labute approximate surface area is 165 Å². The van der Waals surface area contributed by atoms with Crippen LogP contribution in [0.1, 0.15) is 57.9 Å². The first-order valence-corrected chi connectivity index (χ1v) is 11.1. The van der Waals surface area contributed by atoms with E-state index >= 15 is 0 Å². The van der Waals surface area contributed by atoms with Gasteiger partial charge in [0.15, 0.2) is 0 Å². The molecule has 2 aliphatic rings. The summed E-state index contributed by atoms with van der Waals surface area (Å²) >= 11 is 0. The van der Waals surface area contributed by atoms with Crippen molar-refractivity contribution in [3.8, 4) is 0 Å². The number of nitrogens with zero attached hydrogens (tertiary/aromatic N) is 3. The lowest BCUT2D eigenvalue weighted by molar-refractivity contribution is -0.134. The van der Waals surface area contributed by atoms with E-state index in [-0.39, 0.29) is 0 Å². The monoisotopic (exact) mass is 371 g/mol. The summed E-state index contributed by atoms with van der Waals surface area (Å²) in [5.74, 6) is 0.340. The van der Waals surface area contributed by atoms with Crippen molar-refractivity contribution in [2.45, 2.75) is 64.8 Å². The summed E-state index contributed by atoms with van der Waals surface area (Å²) in [5, 5.41) is 0. The summed E-state index contributed by atoms with van der Waals surface area (Å²) in [5.41, 5.74) is 2.77. The highest BCUT2D eigenvalue weighted by Crippen LogP contribution is 2.27. The molecule has 3 rings (SSSR count). The minimum atomic E-state index is 0.340. The fourth-order valence-electron chi connectivity index (χ4n) is 4.69. The highest BCUT2D eigenvalue weighted by atomic mass is 16.2. The zero-order chi connectivity index (χ0) is 19.1. The molecule has 2 heterocycles. The van der Waals surface area contributed by atoms with Gasteiger partial charge in [-0.1, -0.05) is 31.5 Å². The van der Waals surface area contributed by atoms with Crippen LogP contribution in [-0.4, -0.2) is 61.0 Å². The number of piperidine rings is 1. The van der Waals surface area contributed by atoms with Gasteiger partial charge < -0.3 is 14.7 Å². The van der Waals surface area contributed by atoms with E-state index in [0.29, 0.717) is 18.4 Å². The van der Waals surface area contributed by atoms with Gasteiger partial charge in [-0.3, -0.25) is 4.79 Å². The Balaban J connectivity index is 1.50. The highest BCUT2D eigenvalue weighted by molar-refractivity contribution is 5.77. The number of amides is 1. The molecule has 1 amide bonds. The first-order chi connectivity index (χ1) is 13.2. The minimum absolute atomic E-state index is 0.340. The molecule has 1 aromatic rings. The van der Waals surface area contributed by atoms with Crippen LogP contribution in [0.15, 0.2) is 24.3 Å². The van der Waals surface area contributed by atoms with Crippen molar-refractivity contribution in [1.29, 1.82) is 0 Å². The molecular weight excluding hydrogens is 334 g/mol. The highest BCUT2D eigenvalue weighted by Gasteiger charge is 2.27. The average Bonchev–Trinajstić information content (AvgIpc) is 2.72. The lowest BCUT2D eigenvalue weighted by Crippen LogP contribution is -2.48. The van der Waals surface area contributed by atoms with Crippen LogP contribution in [0.5, 0.6) is 0 Å². The van der Waals surface area contributed by atoms with Gasteiger partial charge in [-0.05, 0) is 57.2 Å². The summed E-state index contributed by atoms with van der Waals surface area (Å²) < 4.78 is 0. The fourth-order valence-corrected chi connectivity index (χ4v) is 4.69. The van der Waals surface area contributed by atoms with Gasteiger partial charge in [0.1, 0.15) is 0 Å². The van der Waals surface area contributed by atoms with Crippen molar-refractivity contribution in [3.05, 3.63) is 29.8 Å². The number of fused-ring (bicyclic) bond motifs is 1. The summed E-state index contributed by atoms with van der Waals surface area (Å²) in [6.45, 7) is 10.7. The van der Waals surface area contributed by atoms with Crippen molar-refractivity contribution in [1.82, 2.24) is 9.80 Å². The molecule has 0 saturated carbocycles. The lowest BCUT2D eigenvalue weighted by Gasteiger charge is -2.39. The molecule has 0 bridgehead atoms. The molecule has 1 fully saturated rings. The second-order valence-electron chi connectivity index (χ2n) is 8.08. The molecule has 4 nitrogen and oxygen atoms in total. The Hall–Kier alpha value is -1.55. The van der Waals surface area contributed by atoms with Gasteiger partial charge in [-0.25, -0.2) is 0 Å². The van der Waals surface area contributed by atoms with Crippen molar-refractivity contribution >= 4 is 11.6 Å². The molecule has 0 N–H and O–H groups in total. The quantitative estimate of drug-likeness (QED) is 0.692. The maximum atomic E-state index is 13.0. The molecule has 0 unspecified atom stereocenters. The Morgan fingerprint density at radius 2 is 1.89 bits per heavy atom. The molecule has 1 saturated heterocycles. The molecular formula is C23H37N3O. The third-order valence-corrected chi connectivity index (χ3v) is 6.29.